The smallest absolute Gasteiger partial charge is 0.241 e. The lowest BCUT2D eigenvalue weighted by atomic mass is 10.2. The number of nitrogens with zero attached hydrogens (tertiary/aromatic N) is 2. The summed E-state index contributed by atoms with van der Waals surface area (Å²) in [6, 6.07) is -0.345. The number of aromatic nitrogens is 2. The van der Waals surface area contributed by atoms with Gasteiger partial charge in [-0.05, 0) is 20.3 Å². The molecular weight excluding hydrogens is 266 g/mol. The zero-order valence-corrected chi connectivity index (χ0v) is 13.9. The summed E-state index contributed by atoms with van der Waals surface area (Å²) in [5.41, 5.74) is 0.934. The molecule has 0 aromatic carbocycles. The van der Waals surface area contributed by atoms with Crippen molar-refractivity contribution in [1.82, 2.24) is 15.3 Å². The maximum absolute atomic E-state index is 11.7. The highest BCUT2D eigenvalue weighted by atomic mass is 16.2. The SMILES string of the molecule is CCCNc1nc(C(C)C)nc(NC(C)C(=O)NC)c1C. The van der Waals surface area contributed by atoms with Gasteiger partial charge < -0.3 is 16.0 Å². The lowest BCUT2D eigenvalue weighted by Gasteiger charge is -2.19. The van der Waals surface area contributed by atoms with Crippen LogP contribution >= 0.6 is 0 Å². The van der Waals surface area contributed by atoms with E-state index < -0.39 is 0 Å². The molecule has 1 heterocycles. The summed E-state index contributed by atoms with van der Waals surface area (Å²) in [4.78, 5) is 20.8. The second kappa shape index (κ2) is 7.81. The molecule has 1 amide bonds. The third-order valence-corrected chi connectivity index (χ3v) is 3.21. The maximum Gasteiger partial charge on any atom is 0.241 e. The topological polar surface area (TPSA) is 78.9 Å². The Balaban J connectivity index is 3.10. The van der Waals surface area contributed by atoms with Crippen LogP contribution in [0.4, 0.5) is 11.6 Å². The highest BCUT2D eigenvalue weighted by molar-refractivity contribution is 5.84. The fraction of sp³-hybridized carbons (Fsp3) is 0.667. The van der Waals surface area contributed by atoms with E-state index in [9.17, 15) is 4.79 Å². The van der Waals surface area contributed by atoms with Gasteiger partial charge in [0.15, 0.2) is 0 Å². The lowest BCUT2D eigenvalue weighted by molar-refractivity contribution is -0.121. The number of rotatable bonds is 7. The molecule has 0 aliphatic rings. The van der Waals surface area contributed by atoms with E-state index in [2.05, 4.69) is 46.7 Å². The van der Waals surface area contributed by atoms with Crippen molar-refractivity contribution in [3.05, 3.63) is 11.4 Å². The van der Waals surface area contributed by atoms with Crippen molar-refractivity contribution in [3.8, 4) is 0 Å². The molecule has 1 aromatic rings. The minimum atomic E-state index is -0.345. The number of amides is 1. The first-order valence-corrected chi connectivity index (χ1v) is 7.51. The average Bonchev–Trinajstić information content (AvgIpc) is 2.46. The van der Waals surface area contributed by atoms with Gasteiger partial charge in [0.1, 0.15) is 23.5 Å². The van der Waals surface area contributed by atoms with Crippen LogP contribution in [0, 0.1) is 6.92 Å². The Morgan fingerprint density at radius 3 is 2.33 bits per heavy atom. The van der Waals surface area contributed by atoms with Crippen LogP contribution < -0.4 is 16.0 Å². The summed E-state index contributed by atoms with van der Waals surface area (Å²) < 4.78 is 0. The second-order valence-electron chi connectivity index (χ2n) is 5.47. The number of hydrogen-bond donors (Lipinski definition) is 3. The quantitative estimate of drug-likeness (QED) is 0.719. The summed E-state index contributed by atoms with van der Waals surface area (Å²) >= 11 is 0. The molecule has 0 aliphatic heterocycles. The van der Waals surface area contributed by atoms with Gasteiger partial charge >= 0.3 is 0 Å². The predicted molar refractivity (Wildman–Crippen MR) is 86.8 cm³/mol. The summed E-state index contributed by atoms with van der Waals surface area (Å²) in [6.45, 7) is 10.9. The number of nitrogens with one attached hydrogen (secondary N) is 3. The van der Waals surface area contributed by atoms with Crippen molar-refractivity contribution < 1.29 is 4.79 Å². The molecular formula is C15H27N5O. The first kappa shape index (κ1) is 17.2. The third-order valence-electron chi connectivity index (χ3n) is 3.21. The van der Waals surface area contributed by atoms with Crippen LogP contribution in [0.3, 0.4) is 0 Å². The van der Waals surface area contributed by atoms with Crippen molar-refractivity contribution in [2.75, 3.05) is 24.2 Å². The fourth-order valence-corrected chi connectivity index (χ4v) is 1.84. The number of carbonyl (C=O) groups is 1. The van der Waals surface area contributed by atoms with E-state index in [0.717, 1.165) is 30.2 Å². The Morgan fingerprint density at radius 1 is 1.19 bits per heavy atom. The van der Waals surface area contributed by atoms with E-state index in [1.165, 1.54) is 0 Å². The minimum absolute atomic E-state index is 0.0674. The number of likely N-dealkylation sites (N-methyl/N-ethyl adjacent to an activating group) is 1. The van der Waals surface area contributed by atoms with Gasteiger partial charge in [-0.1, -0.05) is 20.8 Å². The van der Waals surface area contributed by atoms with E-state index in [1.54, 1.807) is 7.05 Å². The van der Waals surface area contributed by atoms with Gasteiger partial charge in [0, 0.05) is 25.1 Å². The standard InChI is InChI=1S/C15H27N5O/c1-7-8-17-13-10(4)14(18-11(5)15(21)16-6)20-12(19-13)9(2)3/h9,11H,7-8H2,1-6H3,(H,16,21)(H2,17,18,19,20). The van der Waals surface area contributed by atoms with Crippen molar-refractivity contribution in [3.63, 3.8) is 0 Å². The molecule has 1 rings (SSSR count). The molecule has 21 heavy (non-hydrogen) atoms. The monoisotopic (exact) mass is 293 g/mol. The first-order valence-electron chi connectivity index (χ1n) is 7.51. The van der Waals surface area contributed by atoms with Crippen molar-refractivity contribution >= 4 is 17.5 Å². The van der Waals surface area contributed by atoms with Crippen LogP contribution in [0.1, 0.15) is 51.4 Å². The molecule has 1 aromatic heterocycles. The molecule has 6 nitrogen and oxygen atoms in total. The molecule has 118 valence electrons. The lowest BCUT2D eigenvalue weighted by Crippen LogP contribution is -2.35. The Hall–Kier alpha value is -1.85. The summed E-state index contributed by atoms with van der Waals surface area (Å²) in [5.74, 6) is 2.47. The zero-order valence-electron chi connectivity index (χ0n) is 13.9. The van der Waals surface area contributed by atoms with Crippen LogP contribution in [0.25, 0.3) is 0 Å². The number of hydrogen-bond acceptors (Lipinski definition) is 5. The van der Waals surface area contributed by atoms with Crippen LogP contribution in [-0.2, 0) is 4.79 Å². The molecule has 0 aliphatic carbocycles. The van der Waals surface area contributed by atoms with E-state index >= 15 is 0 Å². The summed E-state index contributed by atoms with van der Waals surface area (Å²) in [7, 11) is 1.63. The van der Waals surface area contributed by atoms with E-state index in [1.807, 2.05) is 13.8 Å². The Labute approximate surface area is 127 Å². The van der Waals surface area contributed by atoms with E-state index in [0.29, 0.717) is 5.82 Å². The van der Waals surface area contributed by atoms with Gasteiger partial charge in [0.25, 0.3) is 0 Å². The molecule has 0 fully saturated rings. The number of anilines is 2. The highest BCUT2D eigenvalue weighted by Gasteiger charge is 2.17. The average molecular weight is 293 g/mol. The van der Waals surface area contributed by atoms with Crippen LogP contribution in [0.15, 0.2) is 0 Å². The first-order chi connectivity index (χ1) is 9.90. The van der Waals surface area contributed by atoms with Crippen molar-refractivity contribution in [2.24, 2.45) is 0 Å². The summed E-state index contributed by atoms with van der Waals surface area (Å²) in [5, 5.41) is 9.12. The van der Waals surface area contributed by atoms with E-state index in [-0.39, 0.29) is 17.9 Å². The minimum Gasteiger partial charge on any atom is -0.370 e. The summed E-state index contributed by atoms with van der Waals surface area (Å²) in [6.07, 6.45) is 1.03. The third kappa shape index (κ3) is 4.58. The zero-order chi connectivity index (χ0) is 16.0. The molecule has 3 N–H and O–H groups in total. The Bertz CT molecular complexity index is 487. The van der Waals surface area contributed by atoms with Gasteiger partial charge in [-0.15, -0.1) is 0 Å². The molecule has 1 unspecified atom stereocenters. The molecule has 0 bridgehead atoms. The van der Waals surface area contributed by atoms with Crippen LogP contribution in [-0.4, -0.2) is 35.5 Å². The van der Waals surface area contributed by atoms with Crippen LogP contribution in [0.5, 0.6) is 0 Å². The molecule has 0 radical (unpaired) electrons. The normalized spacial score (nSPS) is 12.1. The Morgan fingerprint density at radius 2 is 1.81 bits per heavy atom. The molecule has 0 saturated carbocycles. The highest BCUT2D eigenvalue weighted by Crippen LogP contribution is 2.23. The fourth-order valence-electron chi connectivity index (χ4n) is 1.84. The van der Waals surface area contributed by atoms with Gasteiger partial charge in [-0.3, -0.25) is 4.79 Å². The van der Waals surface area contributed by atoms with Gasteiger partial charge in [-0.25, -0.2) is 9.97 Å². The molecule has 0 saturated heterocycles. The van der Waals surface area contributed by atoms with Crippen molar-refractivity contribution in [1.29, 1.82) is 0 Å². The molecule has 6 heteroatoms. The largest absolute Gasteiger partial charge is 0.370 e. The Kier molecular flexibility index (Phi) is 6.39. The van der Waals surface area contributed by atoms with Crippen molar-refractivity contribution in [2.45, 2.75) is 53.0 Å². The maximum atomic E-state index is 11.7. The number of carbonyl (C=O) groups excluding carboxylic acids is 1. The molecule has 1 atom stereocenters. The van der Waals surface area contributed by atoms with Gasteiger partial charge in [0.05, 0.1) is 0 Å². The second-order valence-corrected chi connectivity index (χ2v) is 5.47. The van der Waals surface area contributed by atoms with Crippen LogP contribution in [0.2, 0.25) is 0 Å². The van der Waals surface area contributed by atoms with E-state index in [4.69, 9.17) is 0 Å². The van der Waals surface area contributed by atoms with Gasteiger partial charge in [0.2, 0.25) is 5.91 Å². The predicted octanol–water partition coefficient (Wildman–Crippen LogP) is 2.28. The van der Waals surface area contributed by atoms with Gasteiger partial charge in [-0.2, -0.15) is 0 Å². The molecule has 0 spiro atoms.